The van der Waals surface area contributed by atoms with Gasteiger partial charge in [0.2, 0.25) is 5.91 Å². The van der Waals surface area contributed by atoms with Gasteiger partial charge in [-0.1, -0.05) is 0 Å². The maximum Gasteiger partial charge on any atom is 0.256 e. The number of anilines is 1. The molecule has 2 heterocycles. The second-order valence-corrected chi connectivity index (χ2v) is 4.03. The van der Waals surface area contributed by atoms with Gasteiger partial charge in [0, 0.05) is 12.5 Å². The molecule has 5 heteroatoms. The van der Waals surface area contributed by atoms with Gasteiger partial charge in [-0.25, -0.2) is 4.98 Å². The van der Waals surface area contributed by atoms with Crippen LogP contribution in [0.3, 0.4) is 0 Å². The maximum absolute atomic E-state index is 11.7. The Morgan fingerprint density at radius 1 is 1.33 bits per heavy atom. The summed E-state index contributed by atoms with van der Waals surface area (Å²) in [5.41, 5.74) is 0.544. The van der Waals surface area contributed by atoms with Gasteiger partial charge in [0.25, 0.3) is 5.56 Å². The number of hydrogen-bond acceptors (Lipinski definition) is 3. The monoisotopic (exact) mass is 205 g/mol. The summed E-state index contributed by atoms with van der Waals surface area (Å²) in [6, 6.07) is 0.283. The van der Waals surface area contributed by atoms with Crippen LogP contribution >= 0.6 is 0 Å². The Labute approximate surface area is 86.1 Å². The van der Waals surface area contributed by atoms with Crippen LogP contribution in [0, 0.1) is 0 Å². The van der Waals surface area contributed by atoms with E-state index in [0.29, 0.717) is 24.2 Å². The molecule has 0 aromatic carbocycles. The van der Waals surface area contributed by atoms with Crippen LogP contribution in [0.2, 0.25) is 0 Å². The number of nitrogens with zero attached hydrogens (tertiary/aromatic N) is 2. The fraction of sp³-hybridized carbons (Fsp3) is 0.500. The highest BCUT2D eigenvalue weighted by Gasteiger charge is 2.38. The summed E-state index contributed by atoms with van der Waals surface area (Å²) in [5.74, 6) is 0.681. The Hall–Kier alpha value is -1.65. The Morgan fingerprint density at radius 2 is 2.13 bits per heavy atom. The first-order valence-electron chi connectivity index (χ1n) is 5.16. The third-order valence-electron chi connectivity index (χ3n) is 2.92. The van der Waals surface area contributed by atoms with Crippen molar-refractivity contribution >= 4 is 11.7 Å². The smallest absolute Gasteiger partial charge is 0.256 e. The van der Waals surface area contributed by atoms with Crippen molar-refractivity contribution in [2.45, 2.75) is 31.7 Å². The van der Waals surface area contributed by atoms with Crippen LogP contribution in [0.5, 0.6) is 0 Å². The van der Waals surface area contributed by atoms with E-state index in [-0.39, 0.29) is 17.5 Å². The van der Waals surface area contributed by atoms with Crippen molar-refractivity contribution in [3.8, 4) is 0 Å². The summed E-state index contributed by atoms with van der Waals surface area (Å²) < 4.78 is 0. The topological polar surface area (TPSA) is 66.1 Å². The zero-order valence-corrected chi connectivity index (χ0v) is 8.19. The van der Waals surface area contributed by atoms with Crippen molar-refractivity contribution in [1.82, 2.24) is 9.97 Å². The number of hydrogen-bond donors (Lipinski definition) is 1. The van der Waals surface area contributed by atoms with Crippen LogP contribution in [0.4, 0.5) is 5.82 Å². The molecule has 1 saturated carbocycles. The molecular formula is C10H11N3O2. The quantitative estimate of drug-likeness (QED) is 0.712. The van der Waals surface area contributed by atoms with Crippen molar-refractivity contribution in [1.29, 1.82) is 0 Å². The van der Waals surface area contributed by atoms with Crippen LogP contribution < -0.4 is 10.5 Å². The van der Waals surface area contributed by atoms with E-state index in [1.165, 1.54) is 6.33 Å². The number of fused-ring (bicyclic) bond motifs is 1. The highest BCUT2D eigenvalue weighted by molar-refractivity contribution is 5.96. The SMILES string of the molecule is O=C1CCc2c(nc[nH]c2=O)N1C1CC1. The summed E-state index contributed by atoms with van der Waals surface area (Å²) in [5, 5.41) is 0. The van der Waals surface area contributed by atoms with Crippen molar-refractivity contribution in [3.63, 3.8) is 0 Å². The molecule has 1 aliphatic carbocycles. The second-order valence-electron chi connectivity index (χ2n) is 4.03. The van der Waals surface area contributed by atoms with E-state index in [2.05, 4.69) is 9.97 Å². The number of H-pyrrole nitrogens is 1. The summed E-state index contributed by atoms with van der Waals surface area (Å²) >= 11 is 0. The molecule has 0 atom stereocenters. The summed E-state index contributed by atoms with van der Waals surface area (Å²) in [4.78, 5) is 31.6. The molecule has 1 N–H and O–H groups in total. The molecule has 1 aromatic rings. The number of aromatic amines is 1. The van der Waals surface area contributed by atoms with Gasteiger partial charge in [0.1, 0.15) is 5.82 Å². The molecule has 1 fully saturated rings. The van der Waals surface area contributed by atoms with E-state index in [4.69, 9.17) is 0 Å². The fourth-order valence-corrected chi connectivity index (χ4v) is 2.03. The van der Waals surface area contributed by atoms with E-state index in [0.717, 1.165) is 12.8 Å². The molecule has 0 spiro atoms. The summed E-state index contributed by atoms with van der Waals surface area (Å²) in [6.07, 6.45) is 4.37. The van der Waals surface area contributed by atoms with E-state index < -0.39 is 0 Å². The molecule has 78 valence electrons. The minimum atomic E-state index is -0.113. The van der Waals surface area contributed by atoms with Gasteiger partial charge in [-0.2, -0.15) is 0 Å². The van der Waals surface area contributed by atoms with Gasteiger partial charge in [-0.3, -0.25) is 14.5 Å². The molecule has 0 bridgehead atoms. The zero-order valence-electron chi connectivity index (χ0n) is 8.19. The summed E-state index contributed by atoms with van der Waals surface area (Å²) in [7, 11) is 0. The first-order chi connectivity index (χ1) is 7.27. The average molecular weight is 205 g/mol. The van der Waals surface area contributed by atoms with E-state index >= 15 is 0 Å². The van der Waals surface area contributed by atoms with Crippen LogP contribution in [0.15, 0.2) is 11.1 Å². The van der Waals surface area contributed by atoms with Gasteiger partial charge >= 0.3 is 0 Å². The molecular weight excluding hydrogens is 194 g/mol. The maximum atomic E-state index is 11.7. The largest absolute Gasteiger partial charge is 0.313 e. The molecule has 1 aromatic heterocycles. The van der Waals surface area contributed by atoms with Gasteiger partial charge in [0.05, 0.1) is 11.9 Å². The highest BCUT2D eigenvalue weighted by atomic mass is 16.2. The van der Waals surface area contributed by atoms with Gasteiger partial charge in [-0.05, 0) is 19.3 Å². The average Bonchev–Trinajstić information content (AvgIpc) is 3.01. The molecule has 0 unspecified atom stereocenters. The summed E-state index contributed by atoms with van der Waals surface area (Å²) in [6.45, 7) is 0. The van der Waals surface area contributed by atoms with Gasteiger partial charge in [0.15, 0.2) is 0 Å². The molecule has 3 rings (SSSR count). The van der Waals surface area contributed by atoms with E-state index in [9.17, 15) is 9.59 Å². The lowest BCUT2D eigenvalue weighted by Gasteiger charge is -2.27. The molecule has 2 aliphatic rings. The minimum Gasteiger partial charge on any atom is -0.313 e. The van der Waals surface area contributed by atoms with Crippen molar-refractivity contribution in [2.75, 3.05) is 4.90 Å². The molecule has 1 amide bonds. The lowest BCUT2D eigenvalue weighted by atomic mass is 10.1. The number of carbonyl (C=O) groups is 1. The predicted octanol–water partition coefficient (Wildman–Crippen LogP) is 0.212. The first kappa shape index (κ1) is 8.64. The van der Waals surface area contributed by atoms with Crippen LogP contribution in [-0.4, -0.2) is 21.9 Å². The van der Waals surface area contributed by atoms with E-state index in [1.54, 1.807) is 4.90 Å². The Morgan fingerprint density at radius 3 is 2.87 bits per heavy atom. The standard InChI is InChI=1S/C10H11N3O2/c14-8-4-3-7-9(11-5-12-10(7)15)13(8)6-1-2-6/h5-6H,1-4H2,(H,11,12,15). The lowest BCUT2D eigenvalue weighted by Crippen LogP contribution is -2.40. The number of amides is 1. The number of rotatable bonds is 1. The zero-order chi connectivity index (χ0) is 10.4. The third kappa shape index (κ3) is 1.26. The number of carbonyl (C=O) groups excluding carboxylic acids is 1. The molecule has 5 nitrogen and oxygen atoms in total. The van der Waals surface area contributed by atoms with Crippen LogP contribution in [0.25, 0.3) is 0 Å². The molecule has 0 radical (unpaired) electrons. The number of nitrogens with one attached hydrogen (secondary N) is 1. The number of aromatic nitrogens is 2. The second kappa shape index (κ2) is 2.92. The molecule has 1 aliphatic heterocycles. The van der Waals surface area contributed by atoms with Gasteiger partial charge in [-0.15, -0.1) is 0 Å². The van der Waals surface area contributed by atoms with Gasteiger partial charge < -0.3 is 4.98 Å². The Bertz CT molecular complexity index is 476. The Kier molecular flexibility index (Phi) is 1.68. The third-order valence-corrected chi connectivity index (χ3v) is 2.92. The fourth-order valence-electron chi connectivity index (χ4n) is 2.03. The van der Waals surface area contributed by atoms with Crippen molar-refractivity contribution in [3.05, 3.63) is 22.2 Å². The normalized spacial score (nSPS) is 20.3. The molecule has 15 heavy (non-hydrogen) atoms. The lowest BCUT2D eigenvalue weighted by molar-refractivity contribution is -0.119. The molecule has 0 saturated heterocycles. The van der Waals surface area contributed by atoms with Crippen LogP contribution in [0.1, 0.15) is 24.8 Å². The Balaban J connectivity index is 2.14. The predicted molar refractivity (Wildman–Crippen MR) is 53.7 cm³/mol. The highest BCUT2D eigenvalue weighted by Crippen LogP contribution is 2.34. The first-order valence-corrected chi connectivity index (χ1v) is 5.16. The van der Waals surface area contributed by atoms with Crippen molar-refractivity contribution < 1.29 is 4.79 Å². The minimum absolute atomic E-state index is 0.100. The van der Waals surface area contributed by atoms with Crippen molar-refractivity contribution in [2.24, 2.45) is 0 Å². The van der Waals surface area contributed by atoms with E-state index in [1.807, 2.05) is 0 Å². The van der Waals surface area contributed by atoms with Crippen LogP contribution in [-0.2, 0) is 11.2 Å².